The molecule has 2 fully saturated rings. The summed E-state index contributed by atoms with van der Waals surface area (Å²) in [6.07, 6.45) is 0.268. The third-order valence-electron chi connectivity index (χ3n) is 5.71. The molecule has 2 aliphatic rings. The maximum atomic E-state index is 14.0. The monoisotopic (exact) mass is 425 g/mol. The Kier molecular flexibility index (Phi) is 4.87. The van der Waals surface area contributed by atoms with Crippen molar-refractivity contribution in [2.24, 2.45) is 0 Å². The van der Waals surface area contributed by atoms with Gasteiger partial charge in [0, 0.05) is 18.8 Å². The maximum Gasteiger partial charge on any atom is 0.260 e. The molecule has 0 saturated carbocycles. The van der Waals surface area contributed by atoms with Crippen molar-refractivity contribution in [2.45, 2.75) is 18.4 Å². The van der Waals surface area contributed by atoms with E-state index in [0.717, 1.165) is 10.6 Å². The highest BCUT2D eigenvalue weighted by Gasteiger charge is 2.51. The molecule has 2 heterocycles. The number of hydrogen-bond acceptors (Lipinski definition) is 3. The Morgan fingerprint density at radius 2 is 1.40 bits per heavy atom. The SMILES string of the molecule is O=C(c1c(F)c(F)c(F)c(F)c1F)N1CCC2(CC1)C(=O)NCN2c1ccccc1. The summed E-state index contributed by atoms with van der Waals surface area (Å²) in [6.45, 7) is 0.0819. The van der Waals surface area contributed by atoms with Gasteiger partial charge < -0.3 is 15.1 Å². The van der Waals surface area contributed by atoms with Gasteiger partial charge in [0.15, 0.2) is 23.3 Å². The van der Waals surface area contributed by atoms with E-state index in [1.165, 1.54) is 0 Å². The van der Waals surface area contributed by atoms with Crippen molar-refractivity contribution in [3.63, 3.8) is 0 Å². The minimum absolute atomic E-state index is 0.0882. The van der Waals surface area contributed by atoms with E-state index >= 15 is 0 Å². The molecule has 0 atom stereocenters. The predicted octanol–water partition coefficient (Wildman–Crippen LogP) is 2.95. The van der Waals surface area contributed by atoms with Gasteiger partial charge in [-0.2, -0.15) is 0 Å². The van der Waals surface area contributed by atoms with Gasteiger partial charge in [0.1, 0.15) is 11.1 Å². The zero-order chi connectivity index (χ0) is 21.6. The van der Waals surface area contributed by atoms with Crippen LogP contribution in [0, 0.1) is 29.1 Å². The van der Waals surface area contributed by atoms with Gasteiger partial charge in [-0.15, -0.1) is 0 Å². The van der Waals surface area contributed by atoms with Crippen molar-refractivity contribution in [3.8, 4) is 0 Å². The van der Waals surface area contributed by atoms with Gasteiger partial charge in [0.25, 0.3) is 5.91 Å². The highest BCUT2D eigenvalue weighted by atomic mass is 19.2. The number of carbonyl (C=O) groups excluding carboxylic acids is 2. The Hall–Kier alpha value is -3.17. The quantitative estimate of drug-likeness (QED) is 0.458. The number of para-hydroxylation sites is 1. The van der Waals surface area contributed by atoms with E-state index in [2.05, 4.69) is 5.32 Å². The summed E-state index contributed by atoms with van der Waals surface area (Å²) >= 11 is 0. The molecule has 2 saturated heterocycles. The molecule has 2 aromatic rings. The number of nitrogens with one attached hydrogen (secondary N) is 1. The Bertz CT molecular complexity index is 994. The first kappa shape index (κ1) is 20.1. The van der Waals surface area contributed by atoms with Crippen LogP contribution in [0.2, 0.25) is 0 Å². The number of anilines is 1. The lowest BCUT2D eigenvalue weighted by molar-refractivity contribution is -0.124. The Labute approximate surface area is 168 Å². The fraction of sp³-hybridized carbons (Fsp3) is 0.300. The fourth-order valence-electron chi connectivity index (χ4n) is 4.06. The number of amides is 2. The van der Waals surface area contributed by atoms with Crippen LogP contribution < -0.4 is 10.2 Å². The molecular weight excluding hydrogens is 409 g/mol. The van der Waals surface area contributed by atoms with E-state index < -0.39 is 46.1 Å². The molecule has 2 amide bonds. The van der Waals surface area contributed by atoms with Crippen LogP contribution in [0.25, 0.3) is 0 Å². The highest BCUT2D eigenvalue weighted by molar-refractivity contribution is 5.96. The zero-order valence-electron chi connectivity index (χ0n) is 15.5. The summed E-state index contributed by atoms with van der Waals surface area (Å²) < 4.78 is 68.2. The second-order valence-corrected chi connectivity index (χ2v) is 7.20. The molecule has 10 heteroatoms. The lowest BCUT2D eigenvalue weighted by atomic mass is 9.85. The van der Waals surface area contributed by atoms with Crippen molar-refractivity contribution in [1.82, 2.24) is 10.2 Å². The second kappa shape index (κ2) is 7.26. The van der Waals surface area contributed by atoms with Crippen LogP contribution >= 0.6 is 0 Å². The normalized spacial score (nSPS) is 18.1. The smallest absolute Gasteiger partial charge is 0.260 e. The number of hydrogen-bond donors (Lipinski definition) is 1. The standard InChI is InChI=1S/C20H16F5N3O2/c21-13-12(14(22)16(24)17(25)15(13)23)18(29)27-8-6-20(7-9-27)19(30)26-10-28(20)11-4-2-1-3-5-11/h1-5H,6-10H2,(H,26,30). The average Bonchev–Trinajstić information content (AvgIpc) is 3.07. The molecule has 0 aromatic heterocycles. The largest absolute Gasteiger partial charge is 0.339 e. The van der Waals surface area contributed by atoms with Crippen molar-refractivity contribution >= 4 is 17.5 Å². The number of carbonyl (C=O) groups is 2. The molecule has 0 unspecified atom stereocenters. The van der Waals surface area contributed by atoms with Crippen LogP contribution in [0.4, 0.5) is 27.6 Å². The Morgan fingerprint density at radius 3 is 1.97 bits per heavy atom. The fourth-order valence-corrected chi connectivity index (χ4v) is 4.06. The first-order valence-electron chi connectivity index (χ1n) is 9.19. The van der Waals surface area contributed by atoms with E-state index in [9.17, 15) is 31.5 Å². The van der Waals surface area contributed by atoms with E-state index in [-0.39, 0.29) is 38.5 Å². The van der Waals surface area contributed by atoms with Crippen molar-refractivity contribution in [2.75, 3.05) is 24.7 Å². The van der Waals surface area contributed by atoms with E-state index in [1.807, 2.05) is 35.2 Å². The lowest BCUT2D eigenvalue weighted by Crippen LogP contribution is -2.57. The molecule has 2 aromatic carbocycles. The molecule has 1 spiro atoms. The molecule has 2 aliphatic heterocycles. The summed E-state index contributed by atoms with van der Waals surface area (Å²) in [5.41, 5.74) is -1.66. The Balaban J connectivity index is 1.59. The number of benzene rings is 2. The molecule has 5 nitrogen and oxygen atoms in total. The highest BCUT2D eigenvalue weighted by Crippen LogP contribution is 2.37. The van der Waals surface area contributed by atoms with Crippen LogP contribution in [0.3, 0.4) is 0 Å². The van der Waals surface area contributed by atoms with Gasteiger partial charge >= 0.3 is 0 Å². The van der Waals surface area contributed by atoms with Crippen LogP contribution in [0.15, 0.2) is 30.3 Å². The van der Waals surface area contributed by atoms with Crippen LogP contribution in [-0.4, -0.2) is 42.0 Å². The summed E-state index contributed by atoms with van der Waals surface area (Å²) in [5.74, 6) is -12.5. The molecule has 0 aliphatic carbocycles. The van der Waals surface area contributed by atoms with Gasteiger partial charge in [-0.1, -0.05) is 18.2 Å². The minimum atomic E-state index is -2.32. The molecule has 0 radical (unpaired) electrons. The zero-order valence-corrected chi connectivity index (χ0v) is 15.5. The number of rotatable bonds is 2. The van der Waals surface area contributed by atoms with Crippen molar-refractivity contribution in [1.29, 1.82) is 0 Å². The summed E-state index contributed by atoms with van der Waals surface area (Å²) in [6, 6.07) is 9.11. The molecule has 1 N–H and O–H groups in total. The maximum absolute atomic E-state index is 14.0. The number of halogens is 5. The second-order valence-electron chi connectivity index (χ2n) is 7.20. The predicted molar refractivity (Wildman–Crippen MR) is 96.0 cm³/mol. The van der Waals surface area contributed by atoms with E-state index in [1.54, 1.807) is 0 Å². The van der Waals surface area contributed by atoms with Gasteiger partial charge in [-0.3, -0.25) is 9.59 Å². The molecule has 158 valence electrons. The lowest BCUT2D eigenvalue weighted by Gasteiger charge is -2.43. The third kappa shape index (κ3) is 2.89. The minimum Gasteiger partial charge on any atom is -0.339 e. The number of nitrogens with zero attached hydrogens (tertiary/aromatic N) is 2. The number of piperidine rings is 1. The third-order valence-corrected chi connectivity index (χ3v) is 5.71. The summed E-state index contributed by atoms with van der Waals surface area (Å²) in [5, 5.41) is 2.77. The Morgan fingerprint density at radius 1 is 0.867 bits per heavy atom. The van der Waals surface area contributed by atoms with E-state index in [4.69, 9.17) is 0 Å². The first-order chi connectivity index (χ1) is 14.3. The summed E-state index contributed by atoms with van der Waals surface area (Å²) in [7, 11) is 0. The topological polar surface area (TPSA) is 52.7 Å². The van der Waals surface area contributed by atoms with Gasteiger partial charge in [0.2, 0.25) is 11.7 Å². The number of likely N-dealkylation sites (tertiary alicyclic amines) is 1. The van der Waals surface area contributed by atoms with Gasteiger partial charge in [-0.25, -0.2) is 22.0 Å². The van der Waals surface area contributed by atoms with Crippen molar-refractivity contribution < 1.29 is 31.5 Å². The van der Waals surface area contributed by atoms with Crippen LogP contribution in [0.1, 0.15) is 23.2 Å². The van der Waals surface area contributed by atoms with Gasteiger partial charge in [-0.05, 0) is 25.0 Å². The average molecular weight is 425 g/mol. The van der Waals surface area contributed by atoms with Crippen molar-refractivity contribution in [3.05, 3.63) is 65.0 Å². The van der Waals surface area contributed by atoms with Crippen LogP contribution in [0.5, 0.6) is 0 Å². The molecule has 30 heavy (non-hydrogen) atoms. The molecule has 4 rings (SSSR count). The molecule has 0 bridgehead atoms. The van der Waals surface area contributed by atoms with E-state index in [0.29, 0.717) is 0 Å². The van der Waals surface area contributed by atoms with Gasteiger partial charge in [0.05, 0.1) is 6.67 Å². The van der Waals surface area contributed by atoms with Crippen LogP contribution in [-0.2, 0) is 4.79 Å². The molecular formula is C20H16F5N3O2. The first-order valence-corrected chi connectivity index (χ1v) is 9.19. The summed E-state index contributed by atoms with van der Waals surface area (Å²) in [4.78, 5) is 28.0.